The van der Waals surface area contributed by atoms with Crippen molar-refractivity contribution in [3.63, 3.8) is 0 Å². The molecule has 8 heteroatoms. The van der Waals surface area contributed by atoms with E-state index in [1.54, 1.807) is 25.3 Å². The minimum Gasteiger partial charge on any atom is -0.342 e. The van der Waals surface area contributed by atoms with Gasteiger partial charge in [-0.1, -0.05) is 63.4 Å². The summed E-state index contributed by atoms with van der Waals surface area (Å²) < 4.78 is 4.26. The summed E-state index contributed by atoms with van der Waals surface area (Å²) in [6.45, 7) is 2.35. The average Bonchev–Trinajstić information content (AvgIpc) is 3.14. The van der Waals surface area contributed by atoms with E-state index in [-0.39, 0.29) is 5.56 Å². The summed E-state index contributed by atoms with van der Waals surface area (Å²) in [5.41, 5.74) is 3.31. The molecule has 0 saturated carbocycles. The van der Waals surface area contributed by atoms with Crippen molar-refractivity contribution < 1.29 is 0 Å². The van der Waals surface area contributed by atoms with Crippen molar-refractivity contribution in [1.82, 2.24) is 14.2 Å². The van der Waals surface area contributed by atoms with Crippen LogP contribution in [0.4, 0.5) is 0 Å². The highest BCUT2D eigenvalue weighted by Crippen LogP contribution is 2.26. The molecule has 0 aliphatic rings. The summed E-state index contributed by atoms with van der Waals surface area (Å²) in [7, 11) is 0. The van der Waals surface area contributed by atoms with Crippen LogP contribution in [0.5, 0.6) is 0 Å². The molecule has 3 aromatic carbocycles. The zero-order chi connectivity index (χ0) is 23.1. The molecule has 2 aromatic heterocycles. The van der Waals surface area contributed by atoms with Gasteiger partial charge in [-0.05, 0) is 48.9 Å². The van der Waals surface area contributed by atoms with Crippen molar-refractivity contribution in [1.29, 1.82) is 0 Å². The molecule has 0 aliphatic heterocycles. The molecule has 0 atom stereocenters. The number of aromatic nitrogens is 3. The van der Waals surface area contributed by atoms with Crippen LogP contribution in [0.2, 0.25) is 10.0 Å². The lowest BCUT2D eigenvalue weighted by Gasteiger charge is -2.08. The average molecular weight is 540 g/mol. The van der Waals surface area contributed by atoms with E-state index in [1.165, 1.54) is 4.68 Å². The minimum atomic E-state index is -0.216. The lowest BCUT2D eigenvalue weighted by atomic mass is 10.2. The van der Waals surface area contributed by atoms with Crippen molar-refractivity contribution >= 4 is 67.2 Å². The fourth-order valence-corrected chi connectivity index (χ4v) is 4.69. The number of hydrogen-bond donors (Lipinski definition) is 0. The Bertz CT molecular complexity index is 1620. The van der Waals surface area contributed by atoms with Gasteiger partial charge in [-0.2, -0.15) is 9.78 Å². The van der Waals surface area contributed by atoms with Crippen LogP contribution in [-0.2, 0) is 6.54 Å². The molecule has 5 nitrogen and oxygen atoms in total. The molecule has 0 N–H and O–H groups in total. The summed E-state index contributed by atoms with van der Waals surface area (Å²) in [6.07, 6.45) is 3.70. The summed E-state index contributed by atoms with van der Waals surface area (Å²) >= 11 is 15.9. The van der Waals surface area contributed by atoms with Crippen LogP contribution in [0, 0.1) is 6.92 Å². The number of benzene rings is 3. The molecule has 0 fully saturated rings. The minimum absolute atomic E-state index is 0.216. The van der Waals surface area contributed by atoms with Gasteiger partial charge in [0.1, 0.15) is 5.82 Å². The van der Waals surface area contributed by atoms with Gasteiger partial charge < -0.3 is 4.57 Å². The van der Waals surface area contributed by atoms with E-state index < -0.39 is 0 Å². The molecule has 0 unspecified atom stereocenters. The molecular weight excluding hydrogens is 523 g/mol. The third-order valence-electron chi connectivity index (χ3n) is 5.46. The van der Waals surface area contributed by atoms with Crippen LogP contribution in [-0.4, -0.2) is 20.4 Å². The molecule has 5 rings (SSSR count). The van der Waals surface area contributed by atoms with Gasteiger partial charge in [0, 0.05) is 43.7 Å². The van der Waals surface area contributed by atoms with Crippen LogP contribution >= 0.6 is 39.1 Å². The number of rotatable bonds is 4. The van der Waals surface area contributed by atoms with Crippen LogP contribution in [0.1, 0.15) is 17.0 Å². The highest BCUT2D eigenvalue weighted by molar-refractivity contribution is 9.10. The highest BCUT2D eigenvalue weighted by Gasteiger charge is 2.11. The fraction of sp³-hybridized carbons (Fsp3) is 0.0800. The van der Waals surface area contributed by atoms with Gasteiger partial charge in [-0.25, -0.2) is 4.98 Å². The number of nitrogens with zero attached hydrogens (tertiary/aromatic N) is 4. The molecule has 5 aromatic rings. The first-order valence-corrected chi connectivity index (χ1v) is 11.7. The molecule has 164 valence electrons. The smallest absolute Gasteiger partial charge is 0.282 e. The second-order valence-corrected chi connectivity index (χ2v) is 9.41. The predicted molar refractivity (Wildman–Crippen MR) is 139 cm³/mol. The van der Waals surface area contributed by atoms with Gasteiger partial charge in [0.2, 0.25) is 0 Å². The van der Waals surface area contributed by atoms with E-state index in [4.69, 9.17) is 23.2 Å². The molecular formula is C25H17BrCl2N4O. The number of hydrogen-bond acceptors (Lipinski definition) is 3. The van der Waals surface area contributed by atoms with Gasteiger partial charge in [0.05, 0.1) is 17.1 Å². The normalized spacial score (nSPS) is 11.8. The SMILES string of the molecule is Cc1nc2ccc(Br)cc2c(=O)n1N=Cc1cn(Cc2ccc(Cl)cc2Cl)c2ccccc12. The third kappa shape index (κ3) is 4.22. The summed E-state index contributed by atoms with van der Waals surface area (Å²) in [5.74, 6) is 0.516. The Morgan fingerprint density at radius 2 is 1.88 bits per heavy atom. The Hall–Kier alpha value is -2.93. The quantitative estimate of drug-likeness (QED) is 0.240. The largest absolute Gasteiger partial charge is 0.342 e. The molecule has 0 radical (unpaired) electrons. The van der Waals surface area contributed by atoms with Crippen LogP contribution < -0.4 is 5.56 Å². The lowest BCUT2D eigenvalue weighted by molar-refractivity contribution is 0.770. The van der Waals surface area contributed by atoms with Crippen LogP contribution in [0.25, 0.3) is 21.8 Å². The molecule has 0 saturated heterocycles. The van der Waals surface area contributed by atoms with Gasteiger partial charge >= 0.3 is 0 Å². The van der Waals surface area contributed by atoms with E-state index in [0.29, 0.717) is 33.3 Å². The molecule has 33 heavy (non-hydrogen) atoms. The van der Waals surface area contributed by atoms with Crippen molar-refractivity contribution in [2.24, 2.45) is 5.10 Å². The van der Waals surface area contributed by atoms with Crippen molar-refractivity contribution in [3.05, 3.63) is 109 Å². The third-order valence-corrected chi connectivity index (χ3v) is 6.54. The number of halogens is 3. The molecule has 0 bridgehead atoms. The van der Waals surface area contributed by atoms with Crippen molar-refractivity contribution in [2.45, 2.75) is 13.5 Å². The first-order chi connectivity index (χ1) is 15.9. The molecule has 2 heterocycles. The summed E-state index contributed by atoms with van der Waals surface area (Å²) in [6, 6.07) is 19.0. The maximum absolute atomic E-state index is 13.1. The summed E-state index contributed by atoms with van der Waals surface area (Å²) in [5, 5.41) is 7.25. The molecule has 0 aliphatic carbocycles. The Morgan fingerprint density at radius 3 is 2.70 bits per heavy atom. The number of aryl methyl sites for hydroxylation is 1. The standard InChI is InChI=1S/C25H17BrCl2N4O/c1-15-30-23-9-7-18(26)10-21(23)25(33)32(15)29-12-17-14-31(24-5-3-2-4-20(17)24)13-16-6-8-19(27)11-22(16)28/h2-12,14H,13H2,1H3. The maximum Gasteiger partial charge on any atom is 0.282 e. The first-order valence-electron chi connectivity index (χ1n) is 10.2. The topological polar surface area (TPSA) is 52.2 Å². The van der Waals surface area contributed by atoms with E-state index in [1.807, 2.05) is 54.7 Å². The van der Waals surface area contributed by atoms with Gasteiger partial charge in [-0.15, -0.1) is 0 Å². The number of fused-ring (bicyclic) bond motifs is 2. The van der Waals surface area contributed by atoms with Gasteiger partial charge in [0.15, 0.2) is 0 Å². The van der Waals surface area contributed by atoms with E-state index in [0.717, 1.165) is 26.5 Å². The van der Waals surface area contributed by atoms with Crippen molar-refractivity contribution in [2.75, 3.05) is 0 Å². The van der Waals surface area contributed by atoms with E-state index >= 15 is 0 Å². The Kier molecular flexibility index (Phi) is 5.83. The Labute approximate surface area is 208 Å². The molecule has 0 spiro atoms. The first kappa shape index (κ1) is 21.9. The monoisotopic (exact) mass is 538 g/mol. The Balaban J connectivity index is 1.58. The lowest BCUT2D eigenvalue weighted by Crippen LogP contribution is -2.20. The predicted octanol–water partition coefficient (Wildman–Crippen LogP) is 6.66. The Morgan fingerprint density at radius 1 is 1.06 bits per heavy atom. The van der Waals surface area contributed by atoms with Gasteiger partial charge in [-0.3, -0.25) is 4.79 Å². The maximum atomic E-state index is 13.1. The van der Waals surface area contributed by atoms with E-state index in [9.17, 15) is 4.79 Å². The fourth-order valence-electron chi connectivity index (χ4n) is 3.86. The van der Waals surface area contributed by atoms with Crippen LogP contribution in [0.3, 0.4) is 0 Å². The molecule has 0 amide bonds. The highest BCUT2D eigenvalue weighted by atomic mass is 79.9. The number of para-hydroxylation sites is 1. The van der Waals surface area contributed by atoms with E-state index in [2.05, 4.69) is 30.6 Å². The van der Waals surface area contributed by atoms with Crippen molar-refractivity contribution in [3.8, 4) is 0 Å². The summed E-state index contributed by atoms with van der Waals surface area (Å²) in [4.78, 5) is 17.6. The zero-order valence-corrected chi connectivity index (χ0v) is 20.6. The zero-order valence-electron chi connectivity index (χ0n) is 17.5. The second kappa shape index (κ2) is 8.78. The van der Waals surface area contributed by atoms with Gasteiger partial charge in [0.25, 0.3) is 5.56 Å². The van der Waals surface area contributed by atoms with Crippen LogP contribution in [0.15, 0.2) is 81.2 Å². The second-order valence-electron chi connectivity index (χ2n) is 7.65.